The van der Waals surface area contributed by atoms with Gasteiger partial charge in [0, 0.05) is 10.0 Å². The topological polar surface area (TPSA) is 29.5 Å². The predicted molar refractivity (Wildman–Crippen MR) is 80.3 cm³/mol. The molecular weight excluding hydrogens is 304 g/mol. The molecule has 0 aliphatic carbocycles. The quantitative estimate of drug-likeness (QED) is 0.917. The summed E-state index contributed by atoms with van der Waals surface area (Å²) in [5.74, 6) is 0.772. The van der Waals surface area contributed by atoms with Crippen molar-refractivity contribution in [1.29, 1.82) is 0 Å². The summed E-state index contributed by atoms with van der Waals surface area (Å²) in [5.41, 5.74) is 4.20. The number of hydrogen-bond acceptors (Lipinski definition) is 2. The molecule has 0 aliphatic rings. The molecular formula is C16H17BrO2. The first kappa shape index (κ1) is 14.1. The summed E-state index contributed by atoms with van der Waals surface area (Å²) in [6, 6.07) is 12.0. The molecule has 0 aliphatic heterocycles. The van der Waals surface area contributed by atoms with Gasteiger partial charge in [0.2, 0.25) is 0 Å². The zero-order valence-electron chi connectivity index (χ0n) is 11.1. The average molecular weight is 321 g/mol. The lowest BCUT2D eigenvalue weighted by atomic mass is 10.1. The van der Waals surface area contributed by atoms with E-state index in [1.54, 1.807) is 0 Å². The van der Waals surface area contributed by atoms with Crippen molar-refractivity contribution in [2.75, 3.05) is 0 Å². The third-order valence-electron chi connectivity index (χ3n) is 3.12. The fraction of sp³-hybridized carbons (Fsp3) is 0.250. The van der Waals surface area contributed by atoms with E-state index in [-0.39, 0.29) is 6.61 Å². The molecule has 0 amide bonds. The Morgan fingerprint density at radius 1 is 1.05 bits per heavy atom. The average Bonchev–Trinajstić information content (AvgIpc) is 2.38. The molecule has 0 aromatic heterocycles. The first-order valence-electron chi connectivity index (χ1n) is 6.19. The summed E-state index contributed by atoms with van der Waals surface area (Å²) in [5, 5.41) is 9.42. The number of halogens is 1. The normalized spacial score (nSPS) is 10.5. The summed E-state index contributed by atoms with van der Waals surface area (Å²) in [6.07, 6.45) is 0. The molecule has 0 saturated carbocycles. The van der Waals surface area contributed by atoms with Gasteiger partial charge in [-0.1, -0.05) is 40.2 Å². The molecule has 19 heavy (non-hydrogen) atoms. The summed E-state index contributed by atoms with van der Waals surface area (Å²) in [7, 11) is 0. The van der Waals surface area contributed by atoms with Crippen LogP contribution in [-0.2, 0) is 13.2 Å². The van der Waals surface area contributed by atoms with Gasteiger partial charge in [0.05, 0.1) is 6.61 Å². The molecule has 2 nitrogen and oxygen atoms in total. The molecule has 0 spiro atoms. The minimum atomic E-state index is -0.0244. The van der Waals surface area contributed by atoms with Crippen molar-refractivity contribution in [3.8, 4) is 5.75 Å². The van der Waals surface area contributed by atoms with Crippen molar-refractivity contribution >= 4 is 15.9 Å². The van der Waals surface area contributed by atoms with E-state index < -0.39 is 0 Å². The van der Waals surface area contributed by atoms with E-state index in [0.29, 0.717) is 6.61 Å². The van der Waals surface area contributed by atoms with Crippen LogP contribution >= 0.6 is 15.9 Å². The number of aryl methyl sites for hydroxylation is 2. The van der Waals surface area contributed by atoms with Crippen LogP contribution in [0.4, 0.5) is 0 Å². The number of rotatable bonds is 4. The van der Waals surface area contributed by atoms with Crippen molar-refractivity contribution in [2.24, 2.45) is 0 Å². The number of hydrogen-bond donors (Lipinski definition) is 1. The molecule has 100 valence electrons. The number of aliphatic hydroxyl groups is 1. The van der Waals surface area contributed by atoms with Crippen LogP contribution in [0, 0.1) is 13.8 Å². The Hall–Kier alpha value is -1.32. The van der Waals surface area contributed by atoms with Gasteiger partial charge in [-0.3, -0.25) is 0 Å². The van der Waals surface area contributed by atoms with Crippen molar-refractivity contribution in [3.63, 3.8) is 0 Å². The standard InChI is InChI=1S/C16H17BrO2/c1-11-5-3-4-6-13(11)10-19-16-12(2)7-15(17)8-14(16)9-18/h3-8,18H,9-10H2,1-2H3. The van der Waals surface area contributed by atoms with Gasteiger partial charge in [0.1, 0.15) is 12.4 Å². The second-order valence-corrected chi connectivity index (χ2v) is 5.50. The van der Waals surface area contributed by atoms with Gasteiger partial charge in [0.25, 0.3) is 0 Å². The van der Waals surface area contributed by atoms with Crippen molar-refractivity contribution < 1.29 is 9.84 Å². The first-order valence-corrected chi connectivity index (χ1v) is 6.98. The monoisotopic (exact) mass is 320 g/mol. The highest BCUT2D eigenvalue weighted by Crippen LogP contribution is 2.29. The van der Waals surface area contributed by atoms with E-state index in [1.807, 2.05) is 31.2 Å². The second-order valence-electron chi connectivity index (χ2n) is 4.58. The van der Waals surface area contributed by atoms with E-state index in [0.717, 1.165) is 26.9 Å². The van der Waals surface area contributed by atoms with Crippen LogP contribution in [0.2, 0.25) is 0 Å². The van der Waals surface area contributed by atoms with E-state index in [4.69, 9.17) is 4.74 Å². The van der Waals surface area contributed by atoms with Crippen LogP contribution in [0.1, 0.15) is 22.3 Å². The van der Waals surface area contributed by atoms with E-state index in [1.165, 1.54) is 5.56 Å². The highest BCUT2D eigenvalue weighted by Gasteiger charge is 2.09. The molecule has 0 saturated heterocycles. The molecule has 2 rings (SSSR count). The van der Waals surface area contributed by atoms with Gasteiger partial charge in [-0.05, 0) is 42.7 Å². The van der Waals surface area contributed by atoms with Gasteiger partial charge in [-0.25, -0.2) is 0 Å². The maximum absolute atomic E-state index is 9.42. The van der Waals surface area contributed by atoms with Crippen molar-refractivity contribution in [3.05, 3.63) is 63.1 Å². The Morgan fingerprint density at radius 3 is 2.47 bits per heavy atom. The fourth-order valence-corrected chi connectivity index (χ4v) is 2.66. The first-order chi connectivity index (χ1) is 9.11. The van der Waals surface area contributed by atoms with Crippen molar-refractivity contribution in [2.45, 2.75) is 27.1 Å². The lowest BCUT2D eigenvalue weighted by molar-refractivity contribution is 0.257. The van der Waals surface area contributed by atoms with E-state index in [9.17, 15) is 5.11 Å². The van der Waals surface area contributed by atoms with Gasteiger partial charge in [-0.15, -0.1) is 0 Å². The highest BCUT2D eigenvalue weighted by atomic mass is 79.9. The molecule has 3 heteroatoms. The number of ether oxygens (including phenoxy) is 1. The zero-order chi connectivity index (χ0) is 13.8. The minimum absolute atomic E-state index is 0.0244. The summed E-state index contributed by atoms with van der Waals surface area (Å²) < 4.78 is 6.86. The Balaban J connectivity index is 2.22. The lowest BCUT2D eigenvalue weighted by Gasteiger charge is -2.14. The van der Waals surface area contributed by atoms with Crippen LogP contribution < -0.4 is 4.74 Å². The molecule has 1 N–H and O–H groups in total. The smallest absolute Gasteiger partial charge is 0.128 e. The van der Waals surface area contributed by atoms with Crippen LogP contribution in [0.15, 0.2) is 40.9 Å². The SMILES string of the molecule is Cc1ccccc1COc1c(C)cc(Br)cc1CO. The molecule has 0 radical (unpaired) electrons. The third kappa shape index (κ3) is 3.37. The van der Waals surface area contributed by atoms with Gasteiger partial charge < -0.3 is 9.84 Å². The Morgan fingerprint density at radius 2 is 1.79 bits per heavy atom. The van der Waals surface area contributed by atoms with Gasteiger partial charge in [0.15, 0.2) is 0 Å². The highest BCUT2D eigenvalue weighted by molar-refractivity contribution is 9.10. The van der Waals surface area contributed by atoms with Gasteiger partial charge in [-0.2, -0.15) is 0 Å². The Bertz CT molecular complexity index is 579. The molecule has 0 unspecified atom stereocenters. The molecule has 0 bridgehead atoms. The second kappa shape index (κ2) is 6.22. The number of aliphatic hydroxyl groups excluding tert-OH is 1. The molecule has 0 heterocycles. The maximum Gasteiger partial charge on any atom is 0.128 e. The molecule has 0 fully saturated rings. The minimum Gasteiger partial charge on any atom is -0.488 e. The van der Waals surface area contributed by atoms with Crippen LogP contribution in [0.3, 0.4) is 0 Å². The lowest BCUT2D eigenvalue weighted by Crippen LogP contribution is -2.02. The van der Waals surface area contributed by atoms with Crippen LogP contribution in [0.25, 0.3) is 0 Å². The summed E-state index contributed by atoms with van der Waals surface area (Å²) in [6.45, 7) is 4.54. The predicted octanol–water partition coefficient (Wildman–Crippen LogP) is 4.14. The molecule has 0 atom stereocenters. The summed E-state index contributed by atoms with van der Waals surface area (Å²) >= 11 is 3.43. The van der Waals surface area contributed by atoms with Gasteiger partial charge >= 0.3 is 0 Å². The molecule has 2 aromatic carbocycles. The number of benzene rings is 2. The Labute approximate surface area is 122 Å². The zero-order valence-corrected chi connectivity index (χ0v) is 12.7. The third-order valence-corrected chi connectivity index (χ3v) is 3.58. The molecule has 2 aromatic rings. The largest absolute Gasteiger partial charge is 0.488 e. The fourth-order valence-electron chi connectivity index (χ4n) is 2.05. The maximum atomic E-state index is 9.42. The van der Waals surface area contributed by atoms with E-state index >= 15 is 0 Å². The summed E-state index contributed by atoms with van der Waals surface area (Å²) in [4.78, 5) is 0. The van der Waals surface area contributed by atoms with Crippen LogP contribution in [-0.4, -0.2) is 5.11 Å². The Kier molecular flexibility index (Phi) is 4.61. The van der Waals surface area contributed by atoms with Crippen molar-refractivity contribution in [1.82, 2.24) is 0 Å². The van der Waals surface area contributed by atoms with Crippen LogP contribution in [0.5, 0.6) is 5.75 Å². The van der Waals surface area contributed by atoms with E-state index in [2.05, 4.69) is 35.0 Å².